The monoisotopic (exact) mass is 491 g/mol. The number of hydrogen-bond acceptors (Lipinski definition) is 7. The minimum Gasteiger partial charge on any atom is -0.439 e. The zero-order valence-electron chi connectivity index (χ0n) is 18.8. The van der Waals surface area contributed by atoms with Crippen molar-refractivity contribution in [1.82, 2.24) is 15.0 Å². The topological polar surface area (TPSA) is 63.2 Å². The standard InChI is InChI=1S/C26H23F2N5OS/c27-26(28)14-16-33(17-15-26)22-12-7-13-24(30-22)35-32-25-29-21(19-8-3-1-4-9-19)18-23(31-25)34-20-10-5-2-6-11-20/h1-13,18H,14-17H2,(H,29,31,32). The lowest BCUT2D eigenvalue weighted by atomic mass is 10.1. The maximum absolute atomic E-state index is 13.5. The van der Waals surface area contributed by atoms with Crippen LogP contribution in [0.4, 0.5) is 20.5 Å². The summed E-state index contributed by atoms with van der Waals surface area (Å²) in [5, 5.41) is 0.680. The maximum atomic E-state index is 13.5. The van der Waals surface area contributed by atoms with E-state index in [1.54, 1.807) is 6.07 Å². The van der Waals surface area contributed by atoms with E-state index in [-0.39, 0.29) is 25.9 Å². The highest BCUT2D eigenvalue weighted by Crippen LogP contribution is 2.31. The zero-order valence-corrected chi connectivity index (χ0v) is 19.6. The number of hydrogen-bond donors (Lipinski definition) is 1. The molecule has 6 nitrogen and oxygen atoms in total. The summed E-state index contributed by atoms with van der Waals surface area (Å²) in [4.78, 5) is 15.7. The van der Waals surface area contributed by atoms with Gasteiger partial charge >= 0.3 is 0 Å². The second-order valence-electron chi connectivity index (χ2n) is 8.08. The van der Waals surface area contributed by atoms with Gasteiger partial charge in [-0.2, -0.15) is 4.98 Å². The van der Waals surface area contributed by atoms with Crippen LogP contribution in [0.15, 0.2) is 90.0 Å². The number of alkyl halides is 2. The van der Waals surface area contributed by atoms with E-state index in [4.69, 9.17) is 4.74 Å². The lowest BCUT2D eigenvalue weighted by molar-refractivity contribution is -0.0221. The Morgan fingerprint density at radius 2 is 1.54 bits per heavy atom. The van der Waals surface area contributed by atoms with Crippen LogP contribution in [0.1, 0.15) is 12.8 Å². The fraction of sp³-hybridized carbons (Fsp3) is 0.192. The first-order valence-electron chi connectivity index (χ1n) is 11.2. The molecule has 5 rings (SSSR count). The van der Waals surface area contributed by atoms with E-state index in [2.05, 4.69) is 19.7 Å². The molecule has 1 fully saturated rings. The molecule has 0 radical (unpaired) electrons. The molecule has 4 aromatic rings. The molecule has 0 unspecified atom stereocenters. The van der Waals surface area contributed by atoms with Crippen molar-refractivity contribution in [3.8, 4) is 22.9 Å². The maximum Gasteiger partial charge on any atom is 0.251 e. The van der Waals surface area contributed by atoms with E-state index >= 15 is 0 Å². The van der Waals surface area contributed by atoms with Crippen molar-refractivity contribution in [1.29, 1.82) is 0 Å². The number of piperidine rings is 1. The third-order valence-electron chi connectivity index (χ3n) is 5.51. The first-order valence-corrected chi connectivity index (χ1v) is 12.1. The molecule has 2 aromatic carbocycles. The first kappa shape index (κ1) is 23.0. The van der Waals surface area contributed by atoms with E-state index in [9.17, 15) is 8.78 Å². The van der Waals surface area contributed by atoms with E-state index in [1.807, 2.05) is 83.8 Å². The van der Waals surface area contributed by atoms with Gasteiger partial charge in [0, 0.05) is 49.5 Å². The molecule has 0 atom stereocenters. The number of benzene rings is 2. The molecule has 35 heavy (non-hydrogen) atoms. The predicted octanol–water partition coefficient (Wildman–Crippen LogP) is 6.69. The number of rotatable bonds is 7. The predicted molar refractivity (Wildman–Crippen MR) is 134 cm³/mol. The summed E-state index contributed by atoms with van der Waals surface area (Å²) in [5.74, 6) is -0.466. The van der Waals surface area contributed by atoms with Crippen LogP contribution < -0.4 is 14.4 Å². The highest BCUT2D eigenvalue weighted by atomic mass is 32.2. The van der Waals surface area contributed by atoms with Crippen molar-refractivity contribution in [2.45, 2.75) is 23.8 Å². The second-order valence-corrected chi connectivity index (χ2v) is 8.90. The minimum absolute atomic E-state index is 0.158. The highest BCUT2D eigenvalue weighted by molar-refractivity contribution is 8.00. The van der Waals surface area contributed by atoms with Crippen LogP contribution in [0.2, 0.25) is 0 Å². The summed E-state index contributed by atoms with van der Waals surface area (Å²) < 4.78 is 36.2. The first-order chi connectivity index (χ1) is 17.0. The van der Waals surface area contributed by atoms with Gasteiger partial charge in [-0.3, -0.25) is 4.72 Å². The quantitative estimate of drug-likeness (QED) is 0.289. The molecule has 0 amide bonds. The van der Waals surface area contributed by atoms with Gasteiger partial charge in [-0.15, -0.1) is 0 Å². The molecular formula is C26H23F2N5OS. The van der Waals surface area contributed by atoms with E-state index in [0.717, 1.165) is 5.56 Å². The van der Waals surface area contributed by atoms with Crippen molar-refractivity contribution >= 4 is 23.7 Å². The van der Waals surface area contributed by atoms with E-state index in [0.29, 0.717) is 34.1 Å². The lowest BCUT2D eigenvalue weighted by Crippen LogP contribution is -2.39. The Hall–Kier alpha value is -3.72. The average molecular weight is 492 g/mol. The fourth-order valence-electron chi connectivity index (χ4n) is 3.69. The molecule has 0 saturated carbocycles. The molecule has 0 bridgehead atoms. The SMILES string of the molecule is FC1(F)CCN(c2cccc(SNc3nc(Oc4ccccc4)cc(-c4ccccc4)n3)n2)CC1. The van der Waals surface area contributed by atoms with Crippen LogP contribution in [0.5, 0.6) is 11.6 Å². The van der Waals surface area contributed by atoms with Gasteiger partial charge in [0.15, 0.2) is 0 Å². The van der Waals surface area contributed by atoms with Gasteiger partial charge in [0.2, 0.25) is 11.8 Å². The zero-order chi connectivity index (χ0) is 24.1. The van der Waals surface area contributed by atoms with Crippen LogP contribution in [0, 0.1) is 0 Å². The van der Waals surface area contributed by atoms with Crippen LogP contribution in [0.3, 0.4) is 0 Å². The van der Waals surface area contributed by atoms with E-state index < -0.39 is 5.92 Å². The van der Waals surface area contributed by atoms with Gasteiger partial charge in [0.1, 0.15) is 16.6 Å². The Kier molecular flexibility index (Phi) is 6.76. The van der Waals surface area contributed by atoms with Gasteiger partial charge in [-0.25, -0.2) is 18.7 Å². The Morgan fingerprint density at radius 1 is 0.829 bits per heavy atom. The smallest absolute Gasteiger partial charge is 0.251 e. The molecule has 1 aliphatic heterocycles. The number of para-hydroxylation sites is 1. The van der Waals surface area contributed by atoms with Gasteiger partial charge in [0.25, 0.3) is 5.92 Å². The molecule has 178 valence electrons. The van der Waals surface area contributed by atoms with Gasteiger partial charge < -0.3 is 9.64 Å². The Bertz CT molecular complexity index is 1270. The van der Waals surface area contributed by atoms with Crippen LogP contribution in [0.25, 0.3) is 11.3 Å². The van der Waals surface area contributed by atoms with Crippen molar-refractivity contribution in [2.75, 3.05) is 22.7 Å². The summed E-state index contributed by atoms with van der Waals surface area (Å²) >= 11 is 1.25. The van der Waals surface area contributed by atoms with Crippen molar-refractivity contribution in [3.05, 3.63) is 84.9 Å². The third-order valence-corrected chi connectivity index (χ3v) is 6.23. The third kappa shape index (κ3) is 6.05. The van der Waals surface area contributed by atoms with Crippen LogP contribution >= 0.6 is 11.9 Å². The number of anilines is 2. The summed E-state index contributed by atoms with van der Waals surface area (Å²) in [6.07, 6.45) is -0.316. The van der Waals surface area contributed by atoms with Gasteiger partial charge in [-0.1, -0.05) is 54.6 Å². The lowest BCUT2D eigenvalue weighted by Gasteiger charge is -2.32. The average Bonchev–Trinajstić information content (AvgIpc) is 2.89. The van der Waals surface area contributed by atoms with Crippen molar-refractivity contribution in [3.63, 3.8) is 0 Å². The number of ether oxygens (including phenoxy) is 1. The molecule has 2 aromatic heterocycles. The summed E-state index contributed by atoms with van der Waals surface area (Å²) in [6, 6.07) is 26.6. The van der Waals surface area contributed by atoms with Crippen molar-refractivity contribution in [2.24, 2.45) is 0 Å². The number of nitrogens with zero attached hydrogens (tertiary/aromatic N) is 4. The van der Waals surface area contributed by atoms with Gasteiger partial charge in [0.05, 0.1) is 5.69 Å². The summed E-state index contributed by atoms with van der Waals surface area (Å²) in [5.41, 5.74) is 1.65. The molecule has 1 N–H and O–H groups in total. The number of aromatic nitrogens is 3. The molecule has 0 spiro atoms. The molecule has 1 saturated heterocycles. The van der Waals surface area contributed by atoms with Crippen LogP contribution in [-0.2, 0) is 0 Å². The second kappa shape index (κ2) is 10.3. The highest BCUT2D eigenvalue weighted by Gasteiger charge is 2.34. The number of pyridine rings is 1. The van der Waals surface area contributed by atoms with Crippen molar-refractivity contribution < 1.29 is 13.5 Å². The number of nitrogens with one attached hydrogen (secondary N) is 1. The van der Waals surface area contributed by atoms with Crippen LogP contribution in [-0.4, -0.2) is 34.0 Å². The minimum atomic E-state index is -2.59. The Balaban J connectivity index is 1.34. The van der Waals surface area contributed by atoms with Gasteiger partial charge in [-0.05, 0) is 24.3 Å². The molecule has 0 aliphatic carbocycles. The molecule has 1 aliphatic rings. The largest absolute Gasteiger partial charge is 0.439 e. The fourth-order valence-corrected chi connectivity index (χ4v) is 4.26. The molecule has 3 heterocycles. The van der Waals surface area contributed by atoms with E-state index in [1.165, 1.54) is 11.9 Å². The number of halogens is 2. The normalized spacial score (nSPS) is 15.0. The summed E-state index contributed by atoms with van der Waals surface area (Å²) in [7, 11) is 0. The molecular weight excluding hydrogens is 468 g/mol. The Morgan fingerprint density at radius 3 is 2.29 bits per heavy atom. The molecule has 9 heteroatoms. The summed E-state index contributed by atoms with van der Waals surface area (Å²) in [6.45, 7) is 0.563. The Labute approximate surface area is 206 Å².